The number of aliphatic hydroxyl groups excluding tert-OH is 1. The second kappa shape index (κ2) is 5.71. The Bertz CT molecular complexity index is 685. The summed E-state index contributed by atoms with van der Waals surface area (Å²) in [4.78, 5) is 13.6. The highest BCUT2D eigenvalue weighted by Crippen LogP contribution is 2.34. The van der Waals surface area contributed by atoms with Crippen LogP contribution in [0.2, 0.25) is 0 Å². The van der Waals surface area contributed by atoms with Crippen LogP contribution in [0.1, 0.15) is 28.1 Å². The van der Waals surface area contributed by atoms with Crippen molar-refractivity contribution >= 4 is 27.4 Å². The van der Waals surface area contributed by atoms with E-state index in [0.29, 0.717) is 28.7 Å². The molecule has 1 atom stereocenters. The molecule has 1 aromatic carbocycles. The first-order chi connectivity index (χ1) is 10.1. The number of aromatic carboxylic acids is 1. The standard InChI is InChI=1S/C15H16FNO3S/c16-11-4-1-5-12-13(11)10(14(21-12)15(19)20)8-17-6-2-3-9(18)7-17/h1,4-5,9,18H,2-3,6-8H2,(H,19,20). The van der Waals surface area contributed by atoms with Gasteiger partial charge < -0.3 is 10.2 Å². The maximum Gasteiger partial charge on any atom is 0.346 e. The van der Waals surface area contributed by atoms with E-state index in [0.717, 1.165) is 30.7 Å². The van der Waals surface area contributed by atoms with Gasteiger partial charge in [0.2, 0.25) is 0 Å². The Labute approximate surface area is 125 Å². The quantitative estimate of drug-likeness (QED) is 0.915. The van der Waals surface area contributed by atoms with Gasteiger partial charge in [0.15, 0.2) is 0 Å². The molecular formula is C15H16FNO3S. The van der Waals surface area contributed by atoms with Gasteiger partial charge in [-0.2, -0.15) is 0 Å². The van der Waals surface area contributed by atoms with Gasteiger partial charge in [0.1, 0.15) is 10.7 Å². The molecule has 2 aromatic rings. The number of piperidine rings is 1. The lowest BCUT2D eigenvalue weighted by molar-refractivity contribution is 0.0654. The van der Waals surface area contributed by atoms with Gasteiger partial charge in [0.25, 0.3) is 0 Å². The number of carbonyl (C=O) groups is 1. The largest absolute Gasteiger partial charge is 0.477 e. The van der Waals surface area contributed by atoms with Crippen LogP contribution >= 0.6 is 11.3 Å². The van der Waals surface area contributed by atoms with Gasteiger partial charge in [-0.15, -0.1) is 11.3 Å². The molecule has 2 N–H and O–H groups in total. The number of nitrogens with zero attached hydrogens (tertiary/aromatic N) is 1. The Morgan fingerprint density at radius 2 is 2.29 bits per heavy atom. The van der Waals surface area contributed by atoms with Crippen molar-refractivity contribution in [3.63, 3.8) is 0 Å². The number of halogens is 1. The summed E-state index contributed by atoms with van der Waals surface area (Å²) in [5.74, 6) is -1.41. The van der Waals surface area contributed by atoms with Gasteiger partial charge in [-0.05, 0) is 31.5 Å². The lowest BCUT2D eigenvalue weighted by Gasteiger charge is -2.30. The van der Waals surface area contributed by atoms with Crippen molar-refractivity contribution in [2.24, 2.45) is 0 Å². The van der Waals surface area contributed by atoms with Crippen LogP contribution in [0.4, 0.5) is 4.39 Å². The van der Waals surface area contributed by atoms with Crippen molar-refractivity contribution in [2.75, 3.05) is 13.1 Å². The number of carboxylic acids is 1. The van der Waals surface area contributed by atoms with Crippen molar-refractivity contribution < 1.29 is 19.4 Å². The number of hydrogen-bond acceptors (Lipinski definition) is 4. The van der Waals surface area contributed by atoms with Crippen LogP contribution in [0, 0.1) is 5.82 Å². The summed E-state index contributed by atoms with van der Waals surface area (Å²) in [6.07, 6.45) is 1.25. The Morgan fingerprint density at radius 1 is 1.48 bits per heavy atom. The summed E-state index contributed by atoms with van der Waals surface area (Å²) in [6, 6.07) is 4.69. The SMILES string of the molecule is O=C(O)c1sc2cccc(F)c2c1CN1CCCC(O)C1. The highest BCUT2D eigenvalue weighted by molar-refractivity contribution is 7.21. The van der Waals surface area contributed by atoms with E-state index in [2.05, 4.69) is 0 Å². The minimum atomic E-state index is -1.02. The maximum absolute atomic E-state index is 14.1. The van der Waals surface area contributed by atoms with Crippen LogP contribution in [-0.4, -0.2) is 40.3 Å². The van der Waals surface area contributed by atoms with Gasteiger partial charge in [0, 0.05) is 28.7 Å². The van der Waals surface area contributed by atoms with Gasteiger partial charge in [0.05, 0.1) is 6.10 Å². The molecule has 0 radical (unpaired) electrons. The number of β-amino-alcohol motifs (C(OH)–C–C–N with tert-alkyl or cyclic N) is 1. The monoisotopic (exact) mass is 309 g/mol. The number of benzene rings is 1. The number of fused-ring (bicyclic) bond motifs is 1. The lowest BCUT2D eigenvalue weighted by atomic mass is 10.1. The van der Waals surface area contributed by atoms with Crippen molar-refractivity contribution in [2.45, 2.75) is 25.5 Å². The minimum Gasteiger partial charge on any atom is -0.477 e. The van der Waals surface area contributed by atoms with Gasteiger partial charge in [-0.25, -0.2) is 9.18 Å². The molecule has 1 aliphatic heterocycles. The normalized spacial score (nSPS) is 20.0. The molecule has 0 aliphatic carbocycles. The van der Waals surface area contributed by atoms with E-state index < -0.39 is 5.97 Å². The van der Waals surface area contributed by atoms with Crippen LogP contribution in [0.25, 0.3) is 10.1 Å². The van der Waals surface area contributed by atoms with E-state index in [4.69, 9.17) is 0 Å². The molecule has 6 heteroatoms. The molecular weight excluding hydrogens is 293 g/mol. The summed E-state index contributed by atoms with van der Waals surface area (Å²) in [7, 11) is 0. The third kappa shape index (κ3) is 2.79. The van der Waals surface area contributed by atoms with Gasteiger partial charge >= 0.3 is 5.97 Å². The predicted octanol–water partition coefficient (Wildman–Crippen LogP) is 2.70. The molecule has 1 unspecified atom stereocenters. The molecule has 0 amide bonds. The molecule has 1 fully saturated rings. The van der Waals surface area contributed by atoms with Crippen molar-refractivity contribution in [1.29, 1.82) is 0 Å². The van der Waals surface area contributed by atoms with E-state index in [9.17, 15) is 19.4 Å². The molecule has 0 spiro atoms. The van der Waals surface area contributed by atoms with Crippen molar-refractivity contribution in [3.8, 4) is 0 Å². The van der Waals surface area contributed by atoms with E-state index in [1.165, 1.54) is 6.07 Å². The number of aliphatic hydroxyl groups is 1. The Hall–Kier alpha value is -1.50. The summed E-state index contributed by atoms with van der Waals surface area (Å²) < 4.78 is 14.8. The number of likely N-dealkylation sites (tertiary alicyclic amines) is 1. The van der Waals surface area contributed by atoms with Crippen LogP contribution in [-0.2, 0) is 6.54 Å². The Balaban J connectivity index is 2.02. The van der Waals surface area contributed by atoms with Gasteiger partial charge in [-0.1, -0.05) is 6.07 Å². The fraction of sp³-hybridized carbons (Fsp3) is 0.400. The first kappa shape index (κ1) is 14.4. The lowest BCUT2D eigenvalue weighted by Crippen LogP contribution is -2.37. The average Bonchev–Trinajstić information content (AvgIpc) is 2.79. The zero-order chi connectivity index (χ0) is 15.0. The van der Waals surface area contributed by atoms with Crippen LogP contribution < -0.4 is 0 Å². The summed E-state index contributed by atoms with van der Waals surface area (Å²) in [5, 5.41) is 19.5. The molecule has 21 heavy (non-hydrogen) atoms. The molecule has 112 valence electrons. The third-order valence-corrected chi connectivity index (χ3v) is 5.01. The van der Waals surface area contributed by atoms with Crippen molar-refractivity contribution in [1.82, 2.24) is 4.90 Å². The average molecular weight is 309 g/mol. The molecule has 3 rings (SSSR count). The van der Waals surface area contributed by atoms with Crippen LogP contribution in [0.5, 0.6) is 0 Å². The molecule has 1 aromatic heterocycles. The Morgan fingerprint density at radius 3 is 3.00 bits per heavy atom. The smallest absolute Gasteiger partial charge is 0.346 e. The first-order valence-electron chi connectivity index (χ1n) is 6.90. The molecule has 1 aliphatic rings. The topological polar surface area (TPSA) is 60.8 Å². The van der Waals surface area contributed by atoms with Crippen LogP contribution in [0.3, 0.4) is 0 Å². The third-order valence-electron chi connectivity index (χ3n) is 3.82. The molecule has 0 bridgehead atoms. The number of carboxylic acid groups (broad SMARTS) is 1. The number of hydrogen-bond donors (Lipinski definition) is 2. The molecule has 0 saturated carbocycles. The number of rotatable bonds is 3. The summed E-state index contributed by atoms with van der Waals surface area (Å²) in [6.45, 7) is 1.66. The minimum absolute atomic E-state index is 0.190. The van der Waals surface area contributed by atoms with Crippen molar-refractivity contribution in [3.05, 3.63) is 34.5 Å². The molecule has 2 heterocycles. The predicted molar refractivity (Wildman–Crippen MR) is 79.3 cm³/mol. The van der Waals surface area contributed by atoms with E-state index in [-0.39, 0.29) is 16.8 Å². The van der Waals surface area contributed by atoms with Gasteiger partial charge in [-0.3, -0.25) is 4.90 Å². The first-order valence-corrected chi connectivity index (χ1v) is 7.71. The maximum atomic E-state index is 14.1. The fourth-order valence-corrected chi connectivity index (χ4v) is 3.96. The molecule has 4 nitrogen and oxygen atoms in total. The highest BCUT2D eigenvalue weighted by atomic mass is 32.1. The second-order valence-corrected chi connectivity index (χ2v) is 6.41. The number of thiophene rings is 1. The zero-order valence-corrected chi connectivity index (χ0v) is 12.2. The molecule has 1 saturated heterocycles. The summed E-state index contributed by atoms with van der Waals surface area (Å²) >= 11 is 1.11. The Kier molecular flexibility index (Phi) is 3.93. The highest BCUT2D eigenvalue weighted by Gasteiger charge is 2.24. The fourth-order valence-electron chi connectivity index (χ4n) is 2.89. The van der Waals surface area contributed by atoms with E-state index in [1.54, 1.807) is 12.1 Å². The van der Waals surface area contributed by atoms with E-state index >= 15 is 0 Å². The zero-order valence-electron chi connectivity index (χ0n) is 11.4. The summed E-state index contributed by atoms with van der Waals surface area (Å²) in [5.41, 5.74) is 0.523. The van der Waals surface area contributed by atoms with Crippen LogP contribution in [0.15, 0.2) is 18.2 Å². The van der Waals surface area contributed by atoms with E-state index in [1.807, 2.05) is 4.90 Å². The second-order valence-electron chi connectivity index (χ2n) is 5.36.